The van der Waals surface area contributed by atoms with E-state index < -0.39 is 5.24 Å². The minimum Gasteiger partial charge on any atom is -0.276 e. The molecule has 0 aliphatic carbocycles. The molecule has 1 aromatic carbocycles. The van der Waals surface area contributed by atoms with Crippen molar-refractivity contribution in [2.75, 3.05) is 0 Å². The Morgan fingerprint density at radius 1 is 1.29 bits per heavy atom. The summed E-state index contributed by atoms with van der Waals surface area (Å²) in [4.78, 5) is 18.7. The van der Waals surface area contributed by atoms with Gasteiger partial charge in [-0.25, -0.2) is 9.97 Å². The average Bonchev–Trinajstić information content (AvgIpc) is 2.17. The Bertz CT molecular complexity index is 513. The molecular weight excluding hydrogens is 223 g/mol. The Morgan fingerprint density at radius 2 is 2.07 bits per heavy atom. The van der Waals surface area contributed by atoms with Crippen molar-refractivity contribution < 1.29 is 4.79 Å². The van der Waals surface area contributed by atoms with Crippen LogP contribution in [0, 0.1) is 0 Å². The molecule has 0 radical (unpaired) electrons. The molecule has 2 aromatic rings. The maximum atomic E-state index is 10.9. The van der Waals surface area contributed by atoms with Crippen LogP contribution in [0.25, 0.3) is 10.9 Å². The molecular formula is C9H4Cl2N2O. The van der Waals surface area contributed by atoms with E-state index in [4.69, 9.17) is 23.2 Å². The molecule has 0 saturated heterocycles. The first-order valence-electron chi connectivity index (χ1n) is 3.78. The summed E-state index contributed by atoms with van der Waals surface area (Å²) >= 11 is 11.1. The molecule has 14 heavy (non-hydrogen) atoms. The van der Waals surface area contributed by atoms with E-state index in [0.29, 0.717) is 21.6 Å². The van der Waals surface area contributed by atoms with Gasteiger partial charge in [0, 0.05) is 10.9 Å². The molecule has 1 aromatic heterocycles. The number of carbonyl (C=O) groups is 1. The molecule has 0 saturated carbocycles. The third-order valence-corrected chi connectivity index (χ3v) is 2.33. The van der Waals surface area contributed by atoms with Gasteiger partial charge in [-0.15, -0.1) is 0 Å². The van der Waals surface area contributed by atoms with Gasteiger partial charge in [0.05, 0.1) is 5.52 Å². The molecule has 0 bridgehead atoms. The third-order valence-electron chi connectivity index (χ3n) is 1.81. The lowest BCUT2D eigenvalue weighted by Gasteiger charge is -1.99. The summed E-state index contributed by atoms with van der Waals surface area (Å²) in [7, 11) is 0. The minimum atomic E-state index is -0.512. The number of rotatable bonds is 1. The van der Waals surface area contributed by atoms with E-state index in [2.05, 4.69) is 9.97 Å². The SMILES string of the molecule is O=C(Cl)c1ccc2c(Cl)ncnc2c1. The van der Waals surface area contributed by atoms with Crippen molar-refractivity contribution in [3.8, 4) is 0 Å². The largest absolute Gasteiger partial charge is 0.276 e. The fraction of sp³-hybridized carbons (Fsp3) is 0. The van der Waals surface area contributed by atoms with Crippen LogP contribution in [0.15, 0.2) is 24.5 Å². The first-order chi connectivity index (χ1) is 6.68. The molecule has 0 spiro atoms. The van der Waals surface area contributed by atoms with E-state index in [0.717, 1.165) is 0 Å². The van der Waals surface area contributed by atoms with Crippen LogP contribution >= 0.6 is 23.2 Å². The number of benzene rings is 1. The maximum absolute atomic E-state index is 10.9. The number of hydrogen-bond donors (Lipinski definition) is 0. The second-order valence-corrected chi connectivity index (χ2v) is 3.37. The molecule has 0 unspecified atom stereocenters. The Labute approximate surface area is 89.7 Å². The number of carbonyl (C=O) groups excluding carboxylic acids is 1. The van der Waals surface area contributed by atoms with Crippen LogP contribution in [0.3, 0.4) is 0 Å². The van der Waals surface area contributed by atoms with E-state index in [-0.39, 0.29) is 0 Å². The van der Waals surface area contributed by atoms with Gasteiger partial charge in [-0.1, -0.05) is 11.6 Å². The molecule has 1 heterocycles. The van der Waals surface area contributed by atoms with E-state index in [1.165, 1.54) is 6.33 Å². The highest BCUT2D eigenvalue weighted by molar-refractivity contribution is 6.67. The normalized spacial score (nSPS) is 10.4. The average molecular weight is 227 g/mol. The van der Waals surface area contributed by atoms with Crippen molar-refractivity contribution in [2.24, 2.45) is 0 Å². The molecule has 70 valence electrons. The van der Waals surface area contributed by atoms with Gasteiger partial charge in [0.1, 0.15) is 11.5 Å². The molecule has 0 fully saturated rings. The Balaban J connectivity index is 2.73. The van der Waals surface area contributed by atoms with Crippen molar-refractivity contribution in [1.82, 2.24) is 9.97 Å². The molecule has 0 aliphatic rings. The smallest absolute Gasteiger partial charge is 0.252 e. The summed E-state index contributed by atoms with van der Waals surface area (Å²) in [6, 6.07) is 4.85. The van der Waals surface area contributed by atoms with Crippen LogP contribution in [-0.4, -0.2) is 15.2 Å². The maximum Gasteiger partial charge on any atom is 0.252 e. The highest BCUT2D eigenvalue weighted by atomic mass is 35.5. The molecule has 0 N–H and O–H groups in total. The Kier molecular flexibility index (Phi) is 2.35. The number of fused-ring (bicyclic) bond motifs is 1. The summed E-state index contributed by atoms with van der Waals surface area (Å²) in [6.07, 6.45) is 1.34. The zero-order valence-electron chi connectivity index (χ0n) is 6.87. The summed E-state index contributed by atoms with van der Waals surface area (Å²) in [5, 5.41) is 0.557. The number of halogens is 2. The summed E-state index contributed by atoms with van der Waals surface area (Å²) < 4.78 is 0. The van der Waals surface area contributed by atoms with Crippen molar-refractivity contribution >= 4 is 39.3 Å². The van der Waals surface area contributed by atoms with Crippen LogP contribution in [0.2, 0.25) is 5.15 Å². The quantitative estimate of drug-likeness (QED) is 0.555. The highest BCUT2D eigenvalue weighted by Crippen LogP contribution is 2.20. The van der Waals surface area contributed by atoms with Crippen molar-refractivity contribution in [3.05, 3.63) is 35.2 Å². The van der Waals surface area contributed by atoms with E-state index in [9.17, 15) is 4.79 Å². The first-order valence-corrected chi connectivity index (χ1v) is 4.54. The zero-order chi connectivity index (χ0) is 10.1. The summed E-state index contributed by atoms with van der Waals surface area (Å²) in [6.45, 7) is 0. The summed E-state index contributed by atoms with van der Waals surface area (Å²) in [5.41, 5.74) is 1.01. The van der Waals surface area contributed by atoms with Gasteiger partial charge in [0.15, 0.2) is 0 Å². The fourth-order valence-corrected chi connectivity index (χ4v) is 1.47. The lowest BCUT2D eigenvalue weighted by Crippen LogP contribution is -1.90. The van der Waals surface area contributed by atoms with Crippen LogP contribution in [0.4, 0.5) is 0 Å². The lowest BCUT2D eigenvalue weighted by molar-refractivity contribution is 0.108. The first kappa shape index (κ1) is 9.37. The molecule has 0 amide bonds. The predicted octanol–water partition coefficient (Wildman–Crippen LogP) is 2.66. The van der Waals surface area contributed by atoms with Gasteiger partial charge in [-0.3, -0.25) is 4.79 Å². The second-order valence-electron chi connectivity index (χ2n) is 2.67. The van der Waals surface area contributed by atoms with Crippen LogP contribution in [0.1, 0.15) is 10.4 Å². The van der Waals surface area contributed by atoms with Crippen molar-refractivity contribution in [1.29, 1.82) is 0 Å². The molecule has 5 heteroatoms. The molecule has 2 rings (SSSR count). The topological polar surface area (TPSA) is 42.9 Å². The highest BCUT2D eigenvalue weighted by Gasteiger charge is 2.05. The molecule has 0 aliphatic heterocycles. The van der Waals surface area contributed by atoms with Crippen molar-refractivity contribution in [2.45, 2.75) is 0 Å². The van der Waals surface area contributed by atoms with Gasteiger partial charge in [-0.2, -0.15) is 0 Å². The zero-order valence-corrected chi connectivity index (χ0v) is 8.38. The third kappa shape index (κ3) is 1.56. The van der Waals surface area contributed by atoms with Crippen LogP contribution in [0.5, 0.6) is 0 Å². The summed E-state index contributed by atoms with van der Waals surface area (Å²) in [5.74, 6) is 0. The number of nitrogens with zero attached hydrogens (tertiary/aromatic N) is 2. The van der Waals surface area contributed by atoms with E-state index in [1.54, 1.807) is 18.2 Å². The minimum absolute atomic E-state index is 0.364. The lowest BCUT2D eigenvalue weighted by atomic mass is 10.2. The Hall–Kier alpha value is -1.19. The number of aromatic nitrogens is 2. The fourth-order valence-electron chi connectivity index (χ4n) is 1.15. The molecule has 0 atom stereocenters. The van der Waals surface area contributed by atoms with Crippen LogP contribution < -0.4 is 0 Å². The second kappa shape index (κ2) is 3.52. The van der Waals surface area contributed by atoms with Gasteiger partial charge < -0.3 is 0 Å². The van der Waals surface area contributed by atoms with E-state index >= 15 is 0 Å². The van der Waals surface area contributed by atoms with Crippen LogP contribution in [-0.2, 0) is 0 Å². The standard InChI is InChI=1S/C9H4Cl2N2O/c10-8-6-2-1-5(9(11)14)3-7(6)12-4-13-8/h1-4H. The Morgan fingerprint density at radius 3 is 2.79 bits per heavy atom. The van der Waals surface area contributed by atoms with Gasteiger partial charge in [0.2, 0.25) is 0 Å². The molecule has 3 nitrogen and oxygen atoms in total. The van der Waals surface area contributed by atoms with E-state index in [1.807, 2.05) is 0 Å². The van der Waals surface area contributed by atoms with Crippen molar-refractivity contribution in [3.63, 3.8) is 0 Å². The monoisotopic (exact) mass is 226 g/mol. The predicted molar refractivity (Wildman–Crippen MR) is 54.7 cm³/mol. The van der Waals surface area contributed by atoms with Gasteiger partial charge in [-0.05, 0) is 29.8 Å². The number of hydrogen-bond acceptors (Lipinski definition) is 3. The van der Waals surface area contributed by atoms with Gasteiger partial charge in [0.25, 0.3) is 5.24 Å². The van der Waals surface area contributed by atoms with Gasteiger partial charge >= 0.3 is 0 Å².